The number of carbonyl (C=O) groups excluding carboxylic acids is 1. The molecule has 6 heteroatoms. The minimum Gasteiger partial charge on any atom is -0.384 e. The van der Waals surface area contributed by atoms with Crippen LogP contribution in [0, 0.1) is 6.92 Å². The van der Waals surface area contributed by atoms with Gasteiger partial charge in [-0.15, -0.1) is 0 Å². The summed E-state index contributed by atoms with van der Waals surface area (Å²) in [6.45, 7) is 7.51. The maximum Gasteiger partial charge on any atom is 0.251 e. The highest BCUT2D eigenvalue weighted by Gasteiger charge is 2.24. The first-order valence-electron chi connectivity index (χ1n) is 6.65. The molecule has 1 atom stereocenters. The van der Waals surface area contributed by atoms with Gasteiger partial charge >= 0.3 is 0 Å². The molecule has 1 aliphatic rings. The Morgan fingerprint density at radius 2 is 2.05 bits per heavy atom. The molecule has 2 rings (SSSR count). The second-order valence-electron chi connectivity index (χ2n) is 5.16. The fourth-order valence-electron chi connectivity index (χ4n) is 2.33. The zero-order valence-corrected chi connectivity index (χ0v) is 11.8. The molecule has 0 spiro atoms. The van der Waals surface area contributed by atoms with Crippen LogP contribution in [0.1, 0.15) is 18.2 Å². The molecule has 2 heterocycles. The Bertz CT molecular complexity index is 447. The monoisotopic (exact) mass is 266 g/mol. The van der Waals surface area contributed by atoms with Crippen molar-refractivity contribution in [3.05, 3.63) is 17.5 Å². The van der Waals surface area contributed by atoms with Crippen molar-refractivity contribution in [2.75, 3.05) is 26.2 Å². The Morgan fingerprint density at radius 3 is 2.53 bits per heavy atom. The van der Waals surface area contributed by atoms with Gasteiger partial charge in [0, 0.05) is 51.0 Å². The first-order chi connectivity index (χ1) is 8.99. The lowest BCUT2D eigenvalue weighted by Gasteiger charge is -2.35. The summed E-state index contributed by atoms with van der Waals surface area (Å²) in [7, 11) is 1.94. The van der Waals surface area contributed by atoms with E-state index in [0.29, 0.717) is 13.1 Å². The van der Waals surface area contributed by atoms with Crippen molar-refractivity contribution in [3.63, 3.8) is 0 Å². The van der Waals surface area contributed by atoms with Crippen LogP contribution in [0.3, 0.4) is 0 Å². The minimum atomic E-state index is -0.896. The van der Waals surface area contributed by atoms with E-state index in [9.17, 15) is 9.90 Å². The zero-order chi connectivity index (χ0) is 14.0. The summed E-state index contributed by atoms with van der Waals surface area (Å²) in [5, 5.41) is 13.5. The molecule has 1 N–H and O–H groups in total. The van der Waals surface area contributed by atoms with Gasteiger partial charge in [0.15, 0.2) is 0 Å². The van der Waals surface area contributed by atoms with E-state index >= 15 is 0 Å². The SMILES string of the molecule is Cc1c(CN2CCN(C(=O)C(C)O)CC2)cnn1C. The highest BCUT2D eigenvalue weighted by Crippen LogP contribution is 2.12. The number of aryl methyl sites for hydroxylation is 1. The summed E-state index contributed by atoms with van der Waals surface area (Å²) in [6, 6.07) is 0. The van der Waals surface area contributed by atoms with E-state index in [1.165, 1.54) is 18.2 Å². The quantitative estimate of drug-likeness (QED) is 0.820. The lowest BCUT2D eigenvalue weighted by Crippen LogP contribution is -2.50. The third-order valence-corrected chi connectivity index (χ3v) is 3.77. The Hall–Kier alpha value is -1.40. The number of piperazine rings is 1. The molecule has 0 radical (unpaired) electrons. The Balaban J connectivity index is 1.87. The van der Waals surface area contributed by atoms with Crippen LogP contribution in [-0.2, 0) is 18.4 Å². The summed E-state index contributed by atoms with van der Waals surface area (Å²) in [5.74, 6) is -0.169. The summed E-state index contributed by atoms with van der Waals surface area (Å²) in [5.41, 5.74) is 2.42. The summed E-state index contributed by atoms with van der Waals surface area (Å²) < 4.78 is 1.88. The van der Waals surface area contributed by atoms with Gasteiger partial charge in [0.05, 0.1) is 6.20 Å². The average Bonchev–Trinajstić information content (AvgIpc) is 2.71. The predicted molar refractivity (Wildman–Crippen MR) is 71.5 cm³/mol. The van der Waals surface area contributed by atoms with Crippen LogP contribution >= 0.6 is 0 Å². The zero-order valence-electron chi connectivity index (χ0n) is 11.8. The number of hydrogen-bond acceptors (Lipinski definition) is 4. The predicted octanol–water partition coefficient (Wildman–Crippen LogP) is -0.246. The lowest BCUT2D eigenvalue weighted by molar-refractivity contribution is -0.141. The van der Waals surface area contributed by atoms with Gasteiger partial charge in [0.25, 0.3) is 5.91 Å². The number of amides is 1. The highest BCUT2D eigenvalue weighted by molar-refractivity contribution is 5.80. The summed E-state index contributed by atoms with van der Waals surface area (Å²) in [4.78, 5) is 15.7. The van der Waals surface area contributed by atoms with Crippen molar-refractivity contribution in [2.45, 2.75) is 26.5 Å². The third kappa shape index (κ3) is 3.13. The number of carbonyl (C=O) groups is 1. The van der Waals surface area contributed by atoms with Crippen LogP contribution in [0.5, 0.6) is 0 Å². The average molecular weight is 266 g/mol. The van der Waals surface area contributed by atoms with Crippen molar-refractivity contribution in [3.8, 4) is 0 Å². The second kappa shape index (κ2) is 5.71. The second-order valence-corrected chi connectivity index (χ2v) is 5.16. The van der Waals surface area contributed by atoms with Crippen LogP contribution in [0.15, 0.2) is 6.20 Å². The number of aromatic nitrogens is 2. The van der Waals surface area contributed by atoms with E-state index in [2.05, 4.69) is 16.9 Å². The lowest BCUT2D eigenvalue weighted by atomic mass is 10.2. The van der Waals surface area contributed by atoms with Gasteiger partial charge in [0.2, 0.25) is 0 Å². The van der Waals surface area contributed by atoms with Gasteiger partial charge in [-0.2, -0.15) is 5.10 Å². The molecule has 1 amide bonds. The molecule has 1 fully saturated rings. The minimum absolute atomic E-state index is 0.169. The molecular formula is C13H22N4O2. The van der Waals surface area contributed by atoms with E-state index in [1.807, 2.05) is 17.9 Å². The van der Waals surface area contributed by atoms with E-state index in [4.69, 9.17) is 0 Å². The van der Waals surface area contributed by atoms with Crippen molar-refractivity contribution in [1.82, 2.24) is 19.6 Å². The molecule has 19 heavy (non-hydrogen) atoms. The van der Waals surface area contributed by atoms with E-state index in [-0.39, 0.29) is 5.91 Å². The number of aliphatic hydroxyl groups is 1. The first-order valence-corrected chi connectivity index (χ1v) is 6.65. The van der Waals surface area contributed by atoms with Crippen LogP contribution in [0.4, 0.5) is 0 Å². The van der Waals surface area contributed by atoms with E-state index < -0.39 is 6.10 Å². The fourth-order valence-corrected chi connectivity index (χ4v) is 2.33. The van der Waals surface area contributed by atoms with Gasteiger partial charge < -0.3 is 10.0 Å². The molecule has 1 aromatic heterocycles. The molecule has 1 aliphatic heterocycles. The normalized spacial score (nSPS) is 18.6. The van der Waals surface area contributed by atoms with Gasteiger partial charge in [-0.05, 0) is 13.8 Å². The molecule has 0 aliphatic carbocycles. The topological polar surface area (TPSA) is 61.6 Å². The number of aliphatic hydroxyl groups excluding tert-OH is 1. The Kier molecular flexibility index (Phi) is 4.21. The Morgan fingerprint density at radius 1 is 1.42 bits per heavy atom. The van der Waals surface area contributed by atoms with Crippen molar-refractivity contribution < 1.29 is 9.90 Å². The van der Waals surface area contributed by atoms with Crippen LogP contribution in [0.2, 0.25) is 0 Å². The third-order valence-electron chi connectivity index (χ3n) is 3.77. The van der Waals surface area contributed by atoms with Crippen LogP contribution < -0.4 is 0 Å². The van der Waals surface area contributed by atoms with Crippen LogP contribution in [-0.4, -0.2) is 62.9 Å². The first kappa shape index (κ1) is 14.0. The smallest absolute Gasteiger partial charge is 0.251 e. The molecule has 106 valence electrons. The highest BCUT2D eigenvalue weighted by atomic mass is 16.3. The van der Waals surface area contributed by atoms with Crippen LogP contribution in [0.25, 0.3) is 0 Å². The molecule has 1 aromatic rings. The molecular weight excluding hydrogens is 244 g/mol. The van der Waals surface area contributed by atoms with Gasteiger partial charge in [-0.1, -0.05) is 0 Å². The maximum atomic E-state index is 11.7. The molecule has 1 saturated heterocycles. The van der Waals surface area contributed by atoms with E-state index in [0.717, 1.165) is 19.6 Å². The Labute approximate surface area is 113 Å². The number of rotatable bonds is 3. The van der Waals surface area contributed by atoms with Crippen molar-refractivity contribution in [1.29, 1.82) is 0 Å². The molecule has 1 unspecified atom stereocenters. The fraction of sp³-hybridized carbons (Fsp3) is 0.692. The van der Waals surface area contributed by atoms with Crippen molar-refractivity contribution in [2.24, 2.45) is 7.05 Å². The number of nitrogens with zero attached hydrogens (tertiary/aromatic N) is 4. The van der Waals surface area contributed by atoms with Gasteiger partial charge in [-0.25, -0.2) is 0 Å². The molecule has 0 bridgehead atoms. The van der Waals surface area contributed by atoms with Crippen molar-refractivity contribution >= 4 is 5.91 Å². The molecule has 6 nitrogen and oxygen atoms in total. The standard InChI is InChI=1S/C13H22N4O2/c1-10-12(8-14-15(10)3)9-16-4-6-17(7-5-16)13(19)11(2)18/h8,11,18H,4-7,9H2,1-3H3. The molecule has 0 saturated carbocycles. The maximum absolute atomic E-state index is 11.7. The number of hydrogen-bond donors (Lipinski definition) is 1. The summed E-state index contributed by atoms with van der Waals surface area (Å²) in [6.07, 6.45) is 1.01. The summed E-state index contributed by atoms with van der Waals surface area (Å²) >= 11 is 0. The largest absolute Gasteiger partial charge is 0.384 e. The van der Waals surface area contributed by atoms with E-state index in [1.54, 1.807) is 4.90 Å². The van der Waals surface area contributed by atoms with Gasteiger partial charge in [-0.3, -0.25) is 14.4 Å². The van der Waals surface area contributed by atoms with Gasteiger partial charge in [0.1, 0.15) is 6.10 Å². The molecule has 0 aromatic carbocycles.